The molecule has 0 atom stereocenters. The van der Waals surface area contributed by atoms with Crippen LogP contribution in [0, 0.1) is 11.6 Å². The summed E-state index contributed by atoms with van der Waals surface area (Å²) in [6, 6.07) is 3.19. The quantitative estimate of drug-likeness (QED) is 0.669. The van der Waals surface area contributed by atoms with Crippen LogP contribution in [0.15, 0.2) is 18.2 Å². The first-order valence-electron chi connectivity index (χ1n) is 5.69. The second-order valence-electron chi connectivity index (χ2n) is 3.73. The zero-order valence-electron chi connectivity index (χ0n) is 10.8. The molecular formula is C12H16ClF2N3O2. The number of rotatable bonds is 6. The van der Waals surface area contributed by atoms with Crippen LogP contribution in [-0.4, -0.2) is 38.5 Å². The Morgan fingerprint density at radius 3 is 2.20 bits per heavy atom. The highest BCUT2D eigenvalue weighted by molar-refractivity contribution is 5.94. The molecule has 0 aliphatic rings. The molecule has 8 heteroatoms. The second-order valence-corrected chi connectivity index (χ2v) is 3.73. The zero-order valence-corrected chi connectivity index (χ0v) is 11.7. The largest absolute Gasteiger partial charge is 0.353 e. The van der Waals surface area contributed by atoms with Crippen LogP contribution >= 0.6 is 12.4 Å². The molecule has 3 N–H and O–H groups in total. The second kappa shape index (κ2) is 9.22. The van der Waals surface area contributed by atoms with Crippen LogP contribution in [0.25, 0.3) is 0 Å². The number of amides is 2. The number of benzene rings is 1. The first-order valence-corrected chi connectivity index (χ1v) is 5.69. The molecule has 0 aliphatic carbocycles. The van der Waals surface area contributed by atoms with Gasteiger partial charge in [-0.1, -0.05) is 6.07 Å². The van der Waals surface area contributed by atoms with E-state index in [0.29, 0.717) is 0 Å². The lowest BCUT2D eigenvalue weighted by Gasteiger charge is -2.08. The van der Waals surface area contributed by atoms with Gasteiger partial charge in [0.05, 0.1) is 6.54 Å². The van der Waals surface area contributed by atoms with Gasteiger partial charge >= 0.3 is 0 Å². The summed E-state index contributed by atoms with van der Waals surface area (Å²) in [6.45, 7) is 0.431. The molecule has 20 heavy (non-hydrogen) atoms. The van der Waals surface area contributed by atoms with Crippen LogP contribution < -0.4 is 16.0 Å². The van der Waals surface area contributed by atoms with Crippen molar-refractivity contribution in [2.75, 3.05) is 26.7 Å². The fourth-order valence-corrected chi connectivity index (χ4v) is 1.40. The summed E-state index contributed by atoms with van der Waals surface area (Å²) in [5.41, 5.74) is -0.621. The molecule has 0 fully saturated rings. The van der Waals surface area contributed by atoms with Crippen LogP contribution in [0.1, 0.15) is 10.4 Å². The van der Waals surface area contributed by atoms with Gasteiger partial charge in [0.25, 0.3) is 5.91 Å². The maximum absolute atomic E-state index is 13.3. The van der Waals surface area contributed by atoms with Gasteiger partial charge in [0.1, 0.15) is 17.2 Å². The van der Waals surface area contributed by atoms with E-state index in [1.54, 1.807) is 7.05 Å². The summed E-state index contributed by atoms with van der Waals surface area (Å²) in [7, 11) is 1.63. The first kappa shape index (κ1) is 18.3. The van der Waals surface area contributed by atoms with Crippen molar-refractivity contribution in [1.82, 2.24) is 16.0 Å². The molecular weight excluding hydrogens is 292 g/mol. The minimum Gasteiger partial charge on any atom is -0.353 e. The lowest BCUT2D eigenvalue weighted by molar-refractivity contribution is -0.120. The van der Waals surface area contributed by atoms with Crippen molar-refractivity contribution < 1.29 is 18.4 Å². The van der Waals surface area contributed by atoms with E-state index >= 15 is 0 Å². The highest BCUT2D eigenvalue weighted by Crippen LogP contribution is 2.11. The SMILES string of the molecule is CNCC(=O)NCCNC(=O)c1c(F)cccc1F.Cl. The number of carbonyl (C=O) groups is 2. The van der Waals surface area contributed by atoms with E-state index in [-0.39, 0.29) is 37.9 Å². The fourth-order valence-electron chi connectivity index (χ4n) is 1.40. The normalized spacial score (nSPS) is 9.55. The molecule has 1 aromatic carbocycles. The Bertz CT molecular complexity index is 452. The average Bonchev–Trinajstić information content (AvgIpc) is 2.35. The topological polar surface area (TPSA) is 70.2 Å². The third kappa shape index (κ3) is 5.50. The van der Waals surface area contributed by atoms with Crippen LogP contribution in [0.4, 0.5) is 8.78 Å². The van der Waals surface area contributed by atoms with E-state index in [0.717, 1.165) is 12.1 Å². The van der Waals surface area contributed by atoms with Gasteiger partial charge in [-0.25, -0.2) is 8.78 Å². The van der Waals surface area contributed by atoms with E-state index in [2.05, 4.69) is 16.0 Å². The van der Waals surface area contributed by atoms with Crippen LogP contribution in [0.3, 0.4) is 0 Å². The summed E-state index contributed by atoms with van der Waals surface area (Å²) < 4.78 is 26.5. The van der Waals surface area contributed by atoms with E-state index < -0.39 is 23.1 Å². The number of likely N-dealkylation sites (N-methyl/N-ethyl adjacent to an activating group) is 1. The van der Waals surface area contributed by atoms with E-state index in [4.69, 9.17) is 0 Å². The fraction of sp³-hybridized carbons (Fsp3) is 0.333. The first-order chi connectivity index (χ1) is 9.06. The van der Waals surface area contributed by atoms with Gasteiger partial charge in [-0.3, -0.25) is 9.59 Å². The van der Waals surface area contributed by atoms with Gasteiger partial charge in [0, 0.05) is 13.1 Å². The van der Waals surface area contributed by atoms with Gasteiger partial charge in [-0.15, -0.1) is 12.4 Å². The summed E-state index contributed by atoms with van der Waals surface area (Å²) in [4.78, 5) is 22.6. The molecule has 0 aliphatic heterocycles. The number of halogens is 3. The Hall–Kier alpha value is -1.73. The summed E-state index contributed by atoms with van der Waals surface area (Å²) in [5, 5.41) is 7.50. The number of nitrogens with one attached hydrogen (secondary N) is 3. The van der Waals surface area contributed by atoms with Crippen molar-refractivity contribution in [3.8, 4) is 0 Å². The Balaban J connectivity index is 0.00000361. The van der Waals surface area contributed by atoms with Gasteiger partial charge in [0.2, 0.25) is 5.91 Å². The predicted octanol–water partition coefficient (Wildman–Crippen LogP) is 0.452. The molecule has 0 saturated heterocycles. The minimum atomic E-state index is -0.920. The lowest BCUT2D eigenvalue weighted by atomic mass is 10.2. The summed E-state index contributed by atoms with van der Waals surface area (Å²) in [6.07, 6.45) is 0. The predicted molar refractivity (Wildman–Crippen MR) is 72.9 cm³/mol. The molecule has 0 unspecified atom stereocenters. The maximum atomic E-state index is 13.3. The van der Waals surface area contributed by atoms with Crippen molar-refractivity contribution in [2.24, 2.45) is 0 Å². The third-order valence-electron chi connectivity index (χ3n) is 2.26. The van der Waals surface area contributed by atoms with Gasteiger partial charge in [-0.2, -0.15) is 0 Å². The molecule has 1 aromatic rings. The molecule has 2 amide bonds. The van der Waals surface area contributed by atoms with E-state index in [1.165, 1.54) is 6.07 Å². The molecule has 0 bridgehead atoms. The number of hydrogen-bond acceptors (Lipinski definition) is 3. The monoisotopic (exact) mass is 307 g/mol. The maximum Gasteiger partial charge on any atom is 0.257 e. The molecule has 1 rings (SSSR count). The van der Waals surface area contributed by atoms with E-state index in [1.807, 2.05) is 0 Å². The van der Waals surface area contributed by atoms with Gasteiger partial charge in [-0.05, 0) is 19.2 Å². The Morgan fingerprint density at radius 2 is 1.65 bits per heavy atom. The Morgan fingerprint density at radius 1 is 1.10 bits per heavy atom. The highest BCUT2D eigenvalue weighted by atomic mass is 35.5. The Kier molecular flexibility index (Phi) is 8.42. The molecule has 0 spiro atoms. The average molecular weight is 308 g/mol. The van der Waals surface area contributed by atoms with Crippen molar-refractivity contribution in [1.29, 1.82) is 0 Å². The van der Waals surface area contributed by atoms with E-state index in [9.17, 15) is 18.4 Å². The number of carbonyl (C=O) groups excluding carboxylic acids is 2. The van der Waals surface area contributed by atoms with Crippen molar-refractivity contribution >= 4 is 24.2 Å². The van der Waals surface area contributed by atoms with Gasteiger partial charge in [0.15, 0.2) is 0 Å². The molecule has 0 saturated carbocycles. The van der Waals surface area contributed by atoms with Crippen LogP contribution in [-0.2, 0) is 4.79 Å². The Labute approximate surface area is 121 Å². The smallest absolute Gasteiger partial charge is 0.257 e. The lowest BCUT2D eigenvalue weighted by Crippen LogP contribution is -2.38. The standard InChI is InChI=1S/C12H15F2N3O2.ClH/c1-15-7-10(18)16-5-6-17-12(19)11-8(13)3-2-4-9(11)14;/h2-4,15H,5-7H2,1H3,(H,16,18)(H,17,19);1H. The van der Waals surface area contributed by atoms with Gasteiger partial charge < -0.3 is 16.0 Å². The molecule has 112 valence electrons. The summed E-state index contributed by atoms with van der Waals surface area (Å²) in [5.74, 6) is -2.92. The van der Waals surface area contributed by atoms with Crippen molar-refractivity contribution in [2.45, 2.75) is 0 Å². The molecule has 0 heterocycles. The van der Waals surface area contributed by atoms with Crippen molar-refractivity contribution in [3.63, 3.8) is 0 Å². The molecule has 0 aromatic heterocycles. The number of hydrogen-bond donors (Lipinski definition) is 3. The molecule has 0 radical (unpaired) electrons. The zero-order chi connectivity index (χ0) is 14.3. The summed E-state index contributed by atoms with van der Waals surface area (Å²) >= 11 is 0. The molecule has 5 nitrogen and oxygen atoms in total. The highest BCUT2D eigenvalue weighted by Gasteiger charge is 2.16. The van der Waals surface area contributed by atoms with Crippen LogP contribution in [0.2, 0.25) is 0 Å². The third-order valence-corrected chi connectivity index (χ3v) is 2.26. The minimum absolute atomic E-state index is 0. The van der Waals surface area contributed by atoms with Crippen LogP contribution in [0.5, 0.6) is 0 Å². The van der Waals surface area contributed by atoms with Crippen molar-refractivity contribution in [3.05, 3.63) is 35.4 Å².